The zero-order valence-electron chi connectivity index (χ0n) is 21.0. The van der Waals surface area contributed by atoms with Gasteiger partial charge in [0.1, 0.15) is 29.8 Å². The number of aromatic nitrogens is 4. The Morgan fingerprint density at radius 1 is 1.16 bits per heavy atom. The maximum absolute atomic E-state index is 13.8. The first-order valence-electron chi connectivity index (χ1n) is 12.4. The van der Waals surface area contributed by atoms with Crippen LogP contribution in [-0.2, 0) is 18.3 Å². The van der Waals surface area contributed by atoms with E-state index < -0.39 is 0 Å². The van der Waals surface area contributed by atoms with E-state index in [0.29, 0.717) is 71.5 Å². The molecule has 2 fully saturated rings. The second kappa shape index (κ2) is 9.68. The molecule has 10 nitrogen and oxygen atoms in total. The number of piperidine rings is 1. The number of carbonyl (C=O) groups excluding carboxylic acids is 1. The molecular formula is C27H26ClN5O5. The van der Waals surface area contributed by atoms with Crippen LogP contribution < -0.4 is 15.0 Å². The summed E-state index contributed by atoms with van der Waals surface area (Å²) in [5.74, 6) is 1.98. The monoisotopic (exact) mass is 535 g/mol. The molecule has 0 bridgehead atoms. The Bertz CT molecular complexity index is 1580. The van der Waals surface area contributed by atoms with E-state index in [1.807, 2.05) is 12.1 Å². The molecule has 2 aliphatic heterocycles. The summed E-state index contributed by atoms with van der Waals surface area (Å²) in [7, 11) is 1.80. The smallest absolute Gasteiger partial charge is 0.410 e. The molecule has 38 heavy (non-hydrogen) atoms. The van der Waals surface area contributed by atoms with Crippen molar-refractivity contribution in [2.24, 2.45) is 7.05 Å². The number of aryl methyl sites for hydroxylation is 2. The molecule has 2 aromatic carbocycles. The highest BCUT2D eigenvalue weighted by molar-refractivity contribution is 6.30. The van der Waals surface area contributed by atoms with Gasteiger partial charge in [-0.25, -0.2) is 9.78 Å². The van der Waals surface area contributed by atoms with Crippen LogP contribution in [0.15, 0.2) is 53.6 Å². The van der Waals surface area contributed by atoms with E-state index in [4.69, 9.17) is 30.8 Å². The van der Waals surface area contributed by atoms with Crippen LogP contribution in [0.4, 0.5) is 4.79 Å². The minimum absolute atomic E-state index is 0.00580. The normalized spacial score (nSPS) is 18.9. The maximum atomic E-state index is 13.8. The second-order valence-electron chi connectivity index (χ2n) is 9.63. The van der Waals surface area contributed by atoms with Gasteiger partial charge in [0.05, 0.1) is 30.4 Å². The number of fused-ring (bicyclic) bond motifs is 2. The molecule has 0 aliphatic carbocycles. The minimum Gasteiger partial charge on any atom is -0.490 e. The Labute approximate surface area is 223 Å². The summed E-state index contributed by atoms with van der Waals surface area (Å²) in [6.07, 6.45) is 4.24. The summed E-state index contributed by atoms with van der Waals surface area (Å²) < 4.78 is 21.0. The molecule has 2 saturated heterocycles. The summed E-state index contributed by atoms with van der Waals surface area (Å²) in [6.45, 7) is 3.08. The lowest BCUT2D eigenvalue weighted by atomic mass is 10.0. The molecule has 1 amide bonds. The highest BCUT2D eigenvalue weighted by Gasteiger charge is 2.39. The van der Waals surface area contributed by atoms with Crippen molar-refractivity contribution in [3.63, 3.8) is 0 Å². The number of hydrogen-bond acceptors (Lipinski definition) is 7. The Hall–Kier alpha value is -4.05. The molecule has 196 valence electrons. The SMILES string of the molecule is Cc1nc2c(Oc3cnn(C)c3)cc(O[C@H]3CCN4C(=O)OC[C@@H]4C3)cc2c(=O)n1Cc1ccc(Cl)cc1. The maximum Gasteiger partial charge on any atom is 0.410 e. The fourth-order valence-corrected chi connectivity index (χ4v) is 5.15. The molecular weight excluding hydrogens is 510 g/mol. The summed E-state index contributed by atoms with van der Waals surface area (Å²) in [6, 6.07) is 10.8. The van der Waals surface area contributed by atoms with Crippen LogP contribution >= 0.6 is 11.6 Å². The van der Waals surface area contributed by atoms with Gasteiger partial charge in [-0.15, -0.1) is 0 Å². The zero-order chi connectivity index (χ0) is 26.4. The van der Waals surface area contributed by atoms with Gasteiger partial charge in [0.2, 0.25) is 0 Å². The number of cyclic esters (lactones) is 1. The molecule has 0 N–H and O–H groups in total. The van der Waals surface area contributed by atoms with Gasteiger partial charge in [0.15, 0.2) is 11.5 Å². The van der Waals surface area contributed by atoms with Crippen LogP contribution in [0.1, 0.15) is 24.2 Å². The quantitative estimate of drug-likeness (QED) is 0.363. The molecule has 4 heterocycles. The fourth-order valence-electron chi connectivity index (χ4n) is 5.02. The number of benzene rings is 2. The van der Waals surface area contributed by atoms with Crippen molar-refractivity contribution in [2.75, 3.05) is 13.2 Å². The molecule has 4 aromatic rings. The predicted octanol–water partition coefficient (Wildman–Crippen LogP) is 4.29. The second-order valence-corrected chi connectivity index (χ2v) is 10.1. The molecule has 2 aliphatic rings. The summed E-state index contributed by atoms with van der Waals surface area (Å²) in [5.41, 5.74) is 1.18. The van der Waals surface area contributed by atoms with E-state index in [2.05, 4.69) is 5.10 Å². The van der Waals surface area contributed by atoms with E-state index in [1.54, 1.807) is 64.8 Å². The van der Waals surface area contributed by atoms with Crippen molar-refractivity contribution in [1.29, 1.82) is 0 Å². The first-order valence-corrected chi connectivity index (χ1v) is 12.8. The van der Waals surface area contributed by atoms with E-state index >= 15 is 0 Å². The zero-order valence-corrected chi connectivity index (χ0v) is 21.7. The third kappa shape index (κ3) is 4.67. The lowest BCUT2D eigenvalue weighted by Crippen LogP contribution is -2.44. The van der Waals surface area contributed by atoms with E-state index in [0.717, 1.165) is 5.56 Å². The lowest BCUT2D eigenvalue weighted by Gasteiger charge is -2.32. The lowest BCUT2D eigenvalue weighted by molar-refractivity contribution is 0.0936. The standard InChI is InChI=1S/C27H26ClN5O5/c1-16-30-25-23(26(34)33(16)13-17-3-5-18(28)6-4-17)10-21(11-24(25)38-22-12-29-31(2)14-22)37-20-7-8-32-19(9-20)15-36-27(32)35/h3-6,10-12,14,19-20H,7-9,13,15H2,1-2H3/t19-,20-/m0/s1. The first kappa shape index (κ1) is 24.3. The minimum atomic E-state index is -0.269. The van der Waals surface area contributed by atoms with Crippen molar-refractivity contribution in [1.82, 2.24) is 24.2 Å². The highest BCUT2D eigenvalue weighted by atomic mass is 35.5. The van der Waals surface area contributed by atoms with Crippen molar-refractivity contribution < 1.29 is 19.0 Å². The molecule has 2 atom stereocenters. The van der Waals surface area contributed by atoms with E-state index in [9.17, 15) is 9.59 Å². The predicted molar refractivity (Wildman–Crippen MR) is 140 cm³/mol. The Morgan fingerprint density at radius 2 is 1.97 bits per heavy atom. The van der Waals surface area contributed by atoms with Crippen LogP contribution in [0, 0.1) is 6.92 Å². The largest absolute Gasteiger partial charge is 0.490 e. The average Bonchev–Trinajstić information content (AvgIpc) is 3.48. The van der Waals surface area contributed by atoms with Crippen molar-refractivity contribution >= 4 is 28.6 Å². The van der Waals surface area contributed by atoms with Gasteiger partial charge < -0.3 is 19.1 Å². The number of hydrogen-bond donors (Lipinski definition) is 0. The van der Waals surface area contributed by atoms with Crippen LogP contribution in [0.5, 0.6) is 17.2 Å². The van der Waals surface area contributed by atoms with Gasteiger partial charge >= 0.3 is 6.09 Å². The van der Waals surface area contributed by atoms with Gasteiger partial charge in [-0.1, -0.05) is 23.7 Å². The van der Waals surface area contributed by atoms with Crippen LogP contribution in [0.25, 0.3) is 10.9 Å². The van der Waals surface area contributed by atoms with Crippen molar-refractivity contribution in [3.05, 3.63) is 75.6 Å². The van der Waals surface area contributed by atoms with Gasteiger partial charge in [-0.3, -0.25) is 14.0 Å². The Morgan fingerprint density at radius 3 is 2.74 bits per heavy atom. The molecule has 0 radical (unpaired) electrons. The molecule has 0 saturated carbocycles. The molecule has 2 aromatic heterocycles. The Kier molecular flexibility index (Phi) is 6.19. The third-order valence-corrected chi connectivity index (χ3v) is 7.21. The summed E-state index contributed by atoms with van der Waals surface area (Å²) in [4.78, 5) is 32.2. The van der Waals surface area contributed by atoms with E-state index in [1.165, 1.54) is 0 Å². The van der Waals surface area contributed by atoms with Crippen LogP contribution in [0.2, 0.25) is 5.02 Å². The third-order valence-electron chi connectivity index (χ3n) is 6.96. The van der Waals surface area contributed by atoms with Crippen molar-refractivity contribution in [3.8, 4) is 17.2 Å². The fraction of sp³-hybridized carbons (Fsp3) is 0.333. The topological polar surface area (TPSA) is 101 Å². The first-order chi connectivity index (χ1) is 18.3. The Balaban J connectivity index is 1.38. The van der Waals surface area contributed by atoms with Crippen LogP contribution in [0.3, 0.4) is 0 Å². The van der Waals surface area contributed by atoms with E-state index in [-0.39, 0.29) is 23.8 Å². The molecule has 0 unspecified atom stereocenters. The number of amides is 1. The van der Waals surface area contributed by atoms with Gasteiger partial charge in [0.25, 0.3) is 5.56 Å². The number of ether oxygens (including phenoxy) is 3. The van der Waals surface area contributed by atoms with Crippen molar-refractivity contribution in [2.45, 2.75) is 38.5 Å². The average molecular weight is 536 g/mol. The number of rotatable bonds is 6. The summed E-state index contributed by atoms with van der Waals surface area (Å²) >= 11 is 6.03. The van der Waals surface area contributed by atoms with Crippen LogP contribution in [-0.4, -0.2) is 55.6 Å². The molecule has 0 spiro atoms. The number of halogens is 1. The van der Waals surface area contributed by atoms with Gasteiger partial charge in [0, 0.05) is 37.5 Å². The van der Waals surface area contributed by atoms with Gasteiger partial charge in [-0.05, 0) is 30.7 Å². The number of carbonyl (C=O) groups is 1. The highest BCUT2D eigenvalue weighted by Crippen LogP contribution is 2.34. The number of nitrogens with zero attached hydrogens (tertiary/aromatic N) is 5. The molecule has 11 heteroatoms. The van der Waals surface area contributed by atoms with Gasteiger partial charge in [-0.2, -0.15) is 5.10 Å². The summed E-state index contributed by atoms with van der Waals surface area (Å²) in [5, 5.41) is 5.19. The molecule has 6 rings (SSSR count).